The Morgan fingerprint density at radius 2 is 2.00 bits per heavy atom. The van der Waals surface area contributed by atoms with Gasteiger partial charge in [0, 0.05) is 25.2 Å². The van der Waals surface area contributed by atoms with Crippen molar-refractivity contribution in [1.82, 2.24) is 10.2 Å². The first-order chi connectivity index (χ1) is 11.6. The van der Waals surface area contributed by atoms with E-state index in [0.29, 0.717) is 6.04 Å². The minimum absolute atomic E-state index is 0.0995. The molecule has 6 heteroatoms. The standard InChI is InChI=1S/C18H25N3O3/c19-16(10-17(22)24-12-13-4-2-1-3-5-13)18(23)20-14-8-9-21(11-14)15-6-7-15/h1-5,14-16H,6-12,19H2,(H,20,23)/t14?,16-/m0/s1. The molecule has 0 bridgehead atoms. The SMILES string of the molecule is N[C@@H](CC(=O)OCc1ccccc1)C(=O)NC1CCN(C2CC2)C1. The number of rotatable bonds is 7. The van der Waals surface area contributed by atoms with E-state index in [1.54, 1.807) is 0 Å². The lowest BCUT2D eigenvalue weighted by Gasteiger charge is -2.18. The molecule has 1 saturated carbocycles. The smallest absolute Gasteiger partial charge is 0.308 e. The zero-order valence-corrected chi connectivity index (χ0v) is 13.8. The van der Waals surface area contributed by atoms with Crippen LogP contribution in [0.3, 0.4) is 0 Å². The van der Waals surface area contributed by atoms with E-state index >= 15 is 0 Å². The maximum Gasteiger partial charge on any atom is 0.308 e. The van der Waals surface area contributed by atoms with Crippen LogP contribution < -0.4 is 11.1 Å². The number of carbonyl (C=O) groups is 2. The fourth-order valence-corrected chi connectivity index (χ4v) is 3.05. The van der Waals surface area contributed by atoms with E-state index in [4.69, 9.17) is 10.5 Å². The number of likely N-dealkylation sites (tertiary alicyclic amines) is 1. The molecule has 1 heterocycles. The number of benzene rings is 1. The Hall–Kier alpha value is -1.92. The zero-order chi connectivity index (χ0) is 16.9. The predicted octanol–water partition coefficient (Wildman–Crippen LogP) is 0.800. The van der Waals surface area contributed by atoms with Crippen molar-refractivity contribution in [2.75, 3.05) is 13.1 Å². The second-order valence-corrected chi connectivity index (χ2v) is 6.68. The number of hydrogen-bond donors (Lipinski definition) is 2. The van der Waals surface area contributed by atoms with Gasteiger partial charge in [-0.25, -0.2) is 0 Å². The van der Waals surface area contributed by atoms with Gasteiger partial charge in [-0.2, -0.15) is 0 Å². The highest BCUT2D eigenvalue weighted by atomic mass is 16.5. The van der Waals surface area contributed by atoms with Crippen molar-refractivity contribution in [2.45, 2.75) is 50.4 Å². The van der Waals surface area contributed by atoms with Crippen LogP contribution >= 0.6 is 0 Å². The Morgan fingerprint density at radius 1 is 1.25 bits per heavy atom. The van der Waals surface area contributed by atoms with Crippen LogP contribution in [0.1, 0.15) is 31.2 Å². The molecule has 1 aromatic rings. The molecule has 2 atom stereocenters. The molecule has 0 radical (unpaired) electrons. The Kier molecular flexibility index (Phi) is 5.48. The third-order valence-electron chi connectivity index (χ3n) is 4.60. The third kappa shape index (κ3) is 4.79. The van der Waals surface area contributed by atoms with Gasteiger partial charge >= 0.3 is 5.97 Å². The number of nitrogens with one attached hydrogen (secondary N) is 1. The molecule has 2 fully saturated rings. The fourth-order valence-electron chi connectivity index (χ4n) is 3.05. The van der Waals surface area contributed by atoms with Gasteiger partial charge in [0.1, 0.15) is 6.61 Å². The predicted molar refractivity (Wildman–Crippen MR) is 90.0 cm³/mol. The maximum atomic E-state index is 12.1. The average Bonchev–Trinajstić information content (AvgIpc) is 3.34. The number of carbonyl (C=O) groups excluding carboxylic acids is 2. The van der Waals surface area contributed by atoms with Crippen LogP contribution in [-0.2, 0) is 20.9 Å². The first-order valence-electron chi connectivity index (χ1n) is 8.61. The van der Waals surface area contributed by atoms with E-state index in [1.807, 2.05) is 30.3 Å². The Labute approximate surface area is 142 Å². The van der Waals surface area contributed by atoms with Crippen molar-refractivity contribution in [3.05, 3.63) is 35.9 Å². The lowest BCUT2D eigenvalue weighted by Crippen LogP contribution is -2.47. The van der Waals surface area contributed by atoms with Crippen LogP contribution in [0.4, 0.5) is 0 Å². The van der Waals surface area contributed by atoms with Gasteiger partial charge in [-0.15, -0.1) is 0 Å². The normalized spacial score (nSPS) is 22.1. The topological polar surface area (TPSA) is 84.7 Å². The molecule has 130 valence electrons. The Bertz CT molecular complexity index is 574. The van der Waals surface area contributed by atoms with E-state index in [2.05, 4.69) is 10.2 Å². The van der Waals surface area contributed by atoms with Crippen LogP contribution in [0, 0.1) is 0 Å². The van der Waals surface area contributed by atoms with E-state index in [1.165, 1.54) is 12.8 Å². The summed E-state index contributed by atoms with van der Waals surface area (Å²) < 4.78 is 5.17. The molecular weight excluding hydrogens is 306 g/mol. The van der Waals surface area contributed by atoms with Gasteiger partial charge in [-0.3, -0.25) is 14.5 Å². The maximum absolute atomic E-state index is 12.1. The molecule has 0 spiro atoms. The molecule has 1 aromatic carbocycles. The van der Waals surface area contributed by atoms with Crippen LogP contribution in [0.2, 0.25) is 0 Å². The van der Waals surface area contributed by atoms with Crippen LogP contribution in [0.25, 0.3) is 0 Å². The summed E-state index contributed by atoms with van der Waals surface area (Å²) in [4.78, 5) is 26.4. The number of amides is 1. The van der Waals surface area contributed by atoms with Crippen LogP contribution in [0.15, 0.2) is 30.3 Å². The largest absolute Gasteiger partial charge is 0.461 e. The molecule has 1 saturated heterocycles. The summed E-state index contributed by atoms with van der Waals surface area (Å²) in [7, 11) is 0. The van der Waals surface area contributed by atoms with Crippen molar-refractivity contribution in [3.63, 3.8) is 0 Å². The summed E-state index contributed by atoms with van der Waals surface area (Å²) in [5.41, 5.74) is 6.76. The van der Waals surface area contributed by atoms with E-state index in [0.717, 1.165) is 25.1 Å². The second-order valence-electron chi connectivity index (χ2n) is 6.68. The molecular formula is C18H25N3O3. The van der Waals surface area contributed by atoms with Crippen molar-refractivity contribution in [1.29, 1.82) is 0 Å². The lowest BCUT2D eigenvalue weighted by molar-refractivity contribution is -0.146. The fraction of sp³-hybridized carbons (Fsp3) is 0.556. The summed E-state index contributed by atoms with van der Waals surface area (Å²) in [5, 5.41) is 2.96. The monoisotopic (exact) mass is 331 g/mol. The number of esters is 1. The Balaban J connectivity index is 1.36. The molecule has 0 aromatic heterocycles. The highest BCUT2D eigenvalue weighted by Gasteiger charge is 2.35. The van der Waals surface area contributed by atoms with E-state index in [-0.39, 0.29) is 25.0 Å². The van der Waals surface area contributed by atoms with Crippen molar-refractivity contribution < 1.29 is 14.3 Å². The highest BCUT2D eigenvalue weighted by Crippen LogP contribution is 2.29. The minimum atomic E-state index is -0.858. The quantitative estimate of drug-likeness (QED) is 0.722. The number of hydrogen-bond acceptors (Lipinski definition) is 5. The average molecular weight is 331 g/mol. The molecule has 24 heavy (non-hydrogen) atoms. The van der Waals surface area contributed by atoms with Crippen LogP contribution in [-0.4, -0.2) is 48.0 Å². The van der Waals surface area contributed by atoms with Gasteiger partial charge in [0.25, 0.3) is 0 Å². The first kappa shape index (κ1) is 16.9. The lowest BCUT2D eigenvalue weighted by atomic mass is 10.2. The summed E-state index contributed by atoms with van der Waals surface area (Å²) in [6.45, 7) is 2.12. The number of nitrogens with two attached hydrogens (primary N) is 1. The van der Waals surface area contributed by atoms with Gasteiger partial charge < -0.3 is 15.8 Å². The van der Waals surface area contributed by atoms with Crippen molar-refractivity contribution in [2.24, 2.45) is 5.73 Å². The van der Waals surface area contributed by atoms with Crippen LogP contribution in [0.5, 0.6) is 0 Å². The summed E-state index contributed by atoms with van der Waals surface area (Å²) in [5.74, 6) is -0.721. The summed E-state index contributed by atoms with van der Waals surface area (Å²) in [6.07, 6.45) is 3.39. The Morgan fingerprint density at radius 3 is 2.71 bits per heavy atom. The van der Waals surface area contributed by atoms with E-state index < -0.39 is 12.0 Å². The molecule has 3 N–H and O–H groups in total. The molecule has 1 amide bonds. The van der Waals surface area contributed by atoms with Crippen molar-refractivity contribution in [3.8, 4) is 0 Å². The molecule has 2 aliphatic rings. The number of nitrogens with zero attached hydrogens (tertiary/aromatic N) is 1. The van der Waals surface area contributed by atoms with Gasteiger partial charge in [0.05, 0.1) is 12.5 Å². The summed E-state index contributed by atoms with van der Waals surface area (Å²) in [6, 6.07) is 9.43. The van der Waals surface area contributed by atoms with Gasteiger partial charge in [-0.1, -0.05) is 30.3 Å². The van der Waals surface area contributed by atoms with Crippen molar-refractivity contribution >= 4 is 11.9 Å². The summed E-state index contributed by atoms with van der Waals surface area (Å²) >= 11 is 0. The second kappa shape index (κ2) is 7.77. The first-order valence-corrected chi connectivity index (χ1v) is 8.61. The number of ether oxygens (including phenoxy) is 1. The minimum Gasteiger partial charge on any atom is -0.461 e. The molecule has 3 rings (SSSR count). The molecule has 1 aliphatic heterocycles. The molecule has 6 nitrogen and oxygen atoms in total. The zero-order valence-electron chi connectivity index (χ0n) is 13.8. The van der Waals surface area contributed by atoms with Gasteiger partial charge in [0.2, 0.25) is 5.91 Å². The van der Waals surface area contributed by atoms with Gasteiger partial charge in [-0.05, 0) is 24.8 Å². The molecule has 1 unspecified atom stereocenters. The van der Waals surface area contributed by atoms with E-state index in [9.17, 15) is 9.59 Å². The highest BCUT2D eigenvalue weighted by molar-refractivity contribution is 5.86. The molecule has 1 aliphatic carbocycles. The van der Waals surface area contributed by atoms with Gasteiger partial charge in [0.15, 0.2) is 0 Å². The third-order valence-corrected chi connectivity index (χ3v) is 4.60.